The minimum Gasteiger partial charge on any atom is -0.365 e. The van der Waals surface area contributed by atoms with E-state index in [2.05, 4.69) is 31.2 Å². The SMILES string of the molecule is CN(CCc1ccccn1)c1ncccc1CNc1ncccc1C#N. The molecule has 0 spiro atoms. The molecular weight excluding hydrogens is 324 g/mol. The lowest BCUT2D eigenvalue weighted by atomic mass is 10.2. The van der Waals surface area contributed by atoms with Crippen LogP contribution in [0, 0.1) is 11.3 Å². The zero-order valence-corrected chi connectivity index (χ0v) is 14.6. The van der Waals surface area contributed by atoms with Gasteiger partial charge in [0, 0.05) is 56.4 Å². The lowest BCUT2D eigenvalue weighted by molar-refractivity contribution is 0.830. The van der Waals surface area contributed by atoms with Crippen molar-refractivity contribution in [2.24, 2.45) is 0 Å². The van der Waals surface area contributed by atoms with Gasteiger partial charge in [0.25, 0.3) is 0 Å². The largest absolute Gasteiger partial charge is 0.365 e. The summed E-state index contributed by atoms with van der Waals surface area (Å²) < 4.78 is 0. The van der Waals surface area contributed by atoms with Crippen LogP contribution < -0.4 is 10.2 Å². The average molecular weight is 344 g/mol. The van der Waals surface area contributed by atoms with E-state index in [1.165, 1.54) is 0 Å². The summed E-state index contributed by atoms with van der Waals surface area (Å²) in [5, 5.41) is 12.4. The predicted octanol–water partition coefficient (Wildman–Crippen LogP) is 3.03. The number of pyridine rings is 3. The number of hydrogen-bond acceptors (Lipinski definition) is 6. The molecule has 6 heteroatoms. The highest BCUT2D eigenvalue weighted by Gasteiger charge is 2.10. The molecule has 130 valence electrons. The van der Waals surface area contributed by atoms with Gasteiger partial charge in [-0.05, 0) is 30.3 Å². The molecule has 0 radical (unpaired) electrons. The standard InChI is InChI=1S/C20H20N6/c1-26(13-9-18-8-2-3-10-22-18)20-17(7-5-12-24-20)15-25-19-16(14-21)6-4-11-23-19/h2-8,10-12H,9,13,15H2,1H3,(H,23,25). The number of likely N-dealkylation sites (N-methyl/N-ethyl adjacent to an activating group) is 1. The molecule has 0 aliphatic carbocycles. The Morgan fingerprint density at radius 2 is 1.81 bits per heavy atom. The third-order valence-corrected chi connectivity index (χ3v) is 4.03. The highest BCUT2D eigenvalue weighted by Crippen LogP contribution is 2.18. The van der Waals surface area contributed by atoms with Crippen molar-refractivity contribution in [1.29, 1.82) is 5.26 Å². The van der Waals surface area contributed by atoms with Crippen LogP contribution in [0.3, 0.4) is 0 Å². The van der Waals surface area contributed by atoms with Crippen LogP contribution >= 0.6 is 0 Å². The second-order valence-electron chi connectivity index (χ2n) is 5.84. The molecule has 0 fully saturated rings. The molecule has 3 aromatic rings. The van der Waals surface area contributed by atoms with Crippen molar-refractivity contribution < 1.29 is 0 Å². The number of rotatable bonds is 7. The highest BCUT2D eigenvalue weighted by atomic mass is 15.2. The van der Waals surface area contributed by atoms with Gasteiger partial charge >= 0.3 is 0 Å². The zero-order valence-electron chi connectivity index (χ0n) is 14.6. The maximum atomic E-state index is 9.18. The number of nitrogens with zero attached hydrogens (tertiary/aromatic N) is 5. The Morgan fingerprint density at radius 1 is 1.00 bits per heavy atom. The van der Waals surface area contributed by atoms with E-state index in [1.54, 1.807) is 24.5 Å². The Kier molecular flexibility index (Phi) is 5.73. The molecule has 3 heterocycles. The Hall–Kier alpha value is -3.46. The fourth-order valence-electron chi connectivity index (χ4n) is 2.66. The normalized spacial score (nSPS) is 10.2. The van der Waals surface area contributed by atoms with Crippen LogP contribution in [-0.4, -0.2) is 28.5 Å². The molecule has 1 N–H and O–H groups in total. The minimum atomic E-state index is 0.529. The maximum Gasteiger partial charge on any atom is 0.144 e. The van der Waals surface area contributed by atoms with Gasteiger partial charge < -0.3 is 10.2 Å². The van der Waals surface area contributed by atoms with Gasteiger partial charge in [-0.3, -0.25) is 4.98 Å². The van der Waals surface area contributed by atoms with Gasteiger partial charge in [-0.25, -0.2) is 9.97 Å². The molecule has 3 aromatic heterocycles. The first-order valence-corrected chi connectivity index (χ1v) is 8.42. The summed E-state index contributed by atoms with van der Waals surface area (Å²) in [5.41, 5.74) is 2.63. The van der Waals surface area contributed by atoms with E-state index >= 15 is 0 Å². The van der Waals surface area contributed by atoms with Crippen LogP contribution in [0.1, 0.15) is 16.8 Å². The topological polar surface area (TPSA) is 77.7 Å². The Morgan fingerprint density at radius 3 is 2.62 bits per heavy atom. The molecule has 0 atom stereocenters. The zero-order chi connectivity index (χ0) is 18.2. The summed E-state index contributed by atoms with van der Waals surface area (Å²) in [6.45, 7) is 1.36. The van der Waals surface area contributed by atoms with Crippen LogP contribution in [0.2, 0.25) is 0 Å². The number of aromatic nitrogens is 3. The third kappa shape index (κ3) is 4.33. The summed E-state index contributed by atoms with van der Waals surface area (Å²) in [5.74, 6) is 1.49. The quantitative estimate of drug-likeness (QED) is 0.710. The molecule has 0 saturated heterocycles. The fraction of sp³-hybridized carbons (Fsp3) is 0.200. The number of hydrogen-bond donors (Lipinski definition) is 1. The maximum absolute atomic E-state index is 9.18. The van der Waals surface area contributed by atoms with Gasteiger partial charge in [-0.1, -0.05) is 12.1 Å². The lowest BCUT2D eigenvalue weighted by Crippen LogP contribution is -2.23. The summed E-state index contributed by atoms with van der Waals surface area (Å²) in [4.78, 5) is 15.2. The van der Waals surface area contributed by atoms with E-state index in [0.29, 0.717) is 17.9 Å². The molecule has 0 amide bonds. The number of anilines is 2. The third-order valence-electron chi connectivity index (χ3n) is 4.03. The van der Waals surface area contributed by atoms with Crippen LogP contribution in [-0.2, 0) is 13.0 Å². The van der Waals surface area contributed by atoms with E-state index in [0.717, 1.165) is 30.0 Å². The second-order valence-corrected chi connectivity index (χ2v) is 5.84. The molecule has 0 aliphatic heterocycles. The van der Waals surface area contributed by atoms with E-state index in [-0.39, 0.29) is 0 Å². The number of nitriles is 1. The molecular formula is C20H20N6. The average Bonchev–Trinajstić information content (AvgIpc) is 2.71. The molecule has 6 nitrogen and oxygen atoms in total. The first kappa shape index (κ1) is 17.4. The molecule has 0 bridgehead atoms. The van der Waals surface area contributed by atoms with Crippen molar-refractivity contribution in [3.8, 4) is 6.07 Å². The van der Waals surface area contributed by atoms with Gasteiger partial charge in [0.2, 0.25) is 0 Å². The minimum absolute atomic E-state index is 0.529. The van der Waals surface area contributed by atoms with Gasteiger partial charge in [-0.15, -0.1) is 0 Å². The molecule has 0 aromatic carbocycles. The van der Waals surface area contributed by atoms with Crippen molar-refractivity contribution in [3.63, 3.8) is 0 Å². The van der Waals surface area contributed by atoms with Crippen LogP contribution in [0.15, 0.2) is 61.1 Å². The van der Waals surface area contributed by atoms with Crippen molar-refractivity contribution in [2.45, 2.75) is 13.0 Å². The van der Waals surface area contributed by atoms with Gasteiger partial charge in [0.05, 0.1) is 5.56 Å². The summed E-state index contributed by atoms with van der Waals surface area (Å²) >= 11 is 0. The van der Waals surface area contributed by atoms with Crippen LogP contribution in [0.25, 0.3) is 0 Å². The van der Waals surface area contributed by atoms with Crippen LogP contribution in [0.5, 0.6) is 0 Å². The van der Waals surface area contributed by atoms with Crippen molar-refractivity contribution >= 4 is 11.6 Å². The van der Waals surface area contributed by atoms with E-state index in [1.807, 2.05) is 43.6 Å². The lowest BCUT2D eigenvalue weighted by Gasteiger charge is -2.21. The predicted molar refractivity (Wildman–Crippen MR) is 102 cm³/mol. The molecule has 3 rings (SSSR count). The summed E-state index contributed by atoms with van der Waals surface area (Å²) in [6, 6.07) is 15.5. The number of nitrogens with one attached hydrogen (secondary N) is 1. The monoisotopic (exact) mass is 344 g/mol. The molecule has 0 saturated carbocycles. The Balaban J connectivity index is 1.68. The van der Waals surface area contributed by atoms with Crippen LogP contribution in [0.4, 0.5) is 11.6 Å². The van der Waals surface area contributed by atoms with E-state index < -0.39 is 0 Å². The van der Waals surface area contributed by atoms with Gasteiger partial charge in [0.15, 0.2) is 0 Å². The van der Waals surface area contributed by atoms with Crippen molar-refractivity contribution in [1.82, 2.24) is 15.0 Å². The molecule has 26 heavy (non-hydrogen) atoms. The first-order chi connectivity index (χ1) is 12.8. The Bertz CT molecular complexity index is 888. The summed E-state index contributed by atoms with van der Waals surface area (Å²) in [7, 11) is 2.02. The van der Waals surface area contributed by atoms with Gasteiger partial charge in [-0.2, -0.15) is 5.26 Å². The smallest absolute Gasteiger partial charge is 0.144 e. The summed E-state index contributed by atoms with van der Waals surface area (Å²) in [6.07, 6.45) is 6.12. The van der Waals surface area contributed by atoms with E-state index in [9.17, 15) is 5.26 Å². The van der Waals surface area contributed by atoms with Crippen molar-refractivity contribution in [3.05, 3.63) is 77.9 Å². The van der Waals surface area contributed by atoms with Crippen molar-refractivity contribution in [2.75, 3.05) is 23.8 Å². The fourth-order valence-corrected chi connectivity index (χ4v) is 2.66. The highest BCUT2D eigenvalue weighted by molar-refractivity contribution is 5.53. The van der Waals surface area contributed by atoms with E-state index in [4.69, 9.17) is 0 Å². The molecule has 0 unspecified atom stereocenters. The Labute approximate surface area is 153 Å². The van der Waals surface area contributed by atoms with Gasteiger partial charge in [0.1, 0.15) is 17.7 Å². The molecule has 0 aliphatic rings. The first-order valence-electron chi connectivity index (χ1n) is 8.42. The second kappa shape index (κ2) is 8.58.